The molecular weight excluding hydrogens is 184 g/mol. The molecular formula is C14H18O. The van der Waals surface area contributed by atoms with Crippen LogP contribution in [0.5, 0.6) is 0 Å². The third kappa shape index (κ3) is 2.68. The molecule has 80 valence electrons. The number of rotatable bonds is 3. The number of hydrogen-bond donors (Lipinski definition) is 0. The van der Waals surface area contributed by atoms with Gasteiger partial charge in [0.2, 0.25) is 0 Å². The fourth-order valence-electron chi connectivity index (χ4n) is 2.30. The first-order valence-corrected chi connectivity index (χ1v) is 5.84. The Kier molecular flexibility index (Phi) is 3.20. The van der Waals surface area contributed by atoms with Gasteiger partial charge < -0.3 is 0 Å². The molecule has 0 N–H and O–H groups in total. The maximum atomic E-state index is 11.9. The normalized spacial score (nSPS) is 16.9. The number of aryl methyl sites for hydroxylation is 1. The lowest BCUT2D eigenvalue weighted by molar-refractivity contribution is -0.122. The highest BCUT2D eigenvalue weighted by atomic mass is 16.1. The molecule has 0 amide bonds. The zero-order valence-corrected chi connectivity index (χ0v) is 9.33. The standard InChI is InChI=1S/C14H18O/c1-11-6-8-12(9-7-11)10-14(15)13-4-2-3-5-13/h6-9,13H,2-5,10H2,1H3. The van der Waals surface area contributed by atoms with Crippen molar-refractivity contribution in [3.63, 3.8) is 0 Å². The van der Waals surface area contributed by atoms with E-state index in [-0.39, 0.29) is 0 Å². The highest BCUT2D eigenvalue weighted by Crippen LogP contribution is 2.26. The van der Waals surface area contributed by atoms with Crippen molar-refractivity contribution in [2.45, 2.75) is 39.0 Å². The third-order valence-corrected chi connectivity index (χ3v) is 3.31. The Morgan fingerprint density at radius 3 is 2.40 bits per heavy atom. The summed E-state index contributed by atoms with van der Waals surface area (Å²) < 4.78 is 0. The predicted molar refractivity (Wildman–Crippen MR) is 61.8 cm³/mol. The number of carbonyl (C=O) groups excluding carboxylic acids is 1. The molecule has 0 bridgehead atoms. The Morgan fingerprint density at radius 1 is 1.20 bits per heavy atom. The molecule has 0 atom stereocenters. The first-order valence-electron chi connectivity index (χ1n) is 5.84. The quantitative estimate of drug-likeness (QED) is 0.735. The van der Waals surface area contributed by atoms with Crippen LogP contribution in [0.15, 0.2) is 24.3 Å². The van der Waals surface area contributed by atoms with Gasteiger partial charge in [-0.2, -0.15) is 0 Å². The molecule has 2 rings (SSSR count). The minimum absolute atomic E-state index is 0.353. The van der Waals surface area contributed by atoms with E-state index in [9.17, 15) is 4.79 Å². The van der Waals surface area contributed by atoms with Gasteiger partial charge in [0.15, 0.2) is 0 Å². The number of Topliss-reactive ketones (excluding diaryl/α,β-unsaturated/α-hetero) is 1. The second-order valence-electron chi connectivity index (χ2n) is 4.61. The SMILES string of the molecule is Cc1ccc(CC(=O)C2CCCC2)cc1. The van der Waals surface area contributed by atoms with Gasteiger partial charge in [0.25, 0.3) is 0 Å². The molecule has 1 aliphatic rings. The number of ketones is 1. The van der Waals surface area contributed by atoms with Crippen molar-refractivity contribution < 1.29 is 4.79 Å². The van der Waals surface area contributed by atoms with Gasteiger partial charge in [0, 0.05) is 12.3 Å². The van der Waals surface area contributed by atoms with Crippen molar-refractivity contribution in [2.24, 2.45) is 5.92 Å². The topological polar surface area (TPSA) is 17.1 Å². The molecule has 1 saturated carbocycles. The molecule has 1 aromatic carbocycles. The smallest absolute Gasteiger partial charge is 0.140 e. The Hall–Kier alpha value is -1.11. The van der Waals surface area contributed by atoms with Gasteiger partial charge in [-0.15, -0.1) is 0 Å². The number of hydrogen-bond acceptors (Lipinski definition) is 1. The lowest BCUT2D eigenvalue weighted by Crippen LogP contribution is -2.13. The summed E-state index contributed by atoms with van der Waals surface area (Å²) in [6, 6.07) is 8.30. The van der Waals surface area contributed by atoms with Crippen LogP contribution in [-0.2, 0) is 11.2 Å². The lowest BCUT2D eigenvalue weighted by Gasteiger charge is -2.07. The molecule has 1 aliphatic carbocycles. The molecule has 0 radical (unpaired) electrons. The van der Waals surface area contributed by atoms with Crippen molar-refractivity contribution in [2.75, 3.05) is 0 Å². The molecule has 0 unspecified atom stereocenters. The molecule has 0 spiro atoms. The fraction of sp³-hybridized carbons (Fsp3) is 0.500. The van der Waals surface area contributed by atoms with E-state index in [0.29, 0.717) is 18.1 Å². The van der Waals surface area contributed by atoms with E-state index in [1.54, 1.807) is 0 Å². The Balaban J connectivity index is 1.96. The number of benzene rings is 1. The zero-order valence-electron chi connectivity index (χ0n) is 9.33. The van der Waals surface area contributed by atoms with E-state index < -0.39 is 0 Å². The van der Waals surface area contributed by atoms with Crippen molar-refractivity contribution in [3.8, 4) is 0 Å². The fourth-order valence-corrected chi connectivity index (χ4v) is 2.30. The van der Waals surface area contributed by atoms with Crippen LogP contribution in [0.2, 0.25) is 0 Å². The highest BCUT2D eigenvalue weighted by molar-refractivity contribution is 5.83. The Labute approximate surface area is 91.5 Å². The summed E-state index contributed by atoms with van der Waals surface area (Å²) in [6.45, 7) is 2.07. The van der Waals surface area contributed by atoms with Crippen LogP contribution in [0.4, 0.5) is 0 Å². The maximum absolute atomic E-state index is 11.9. The van der Waals surface area contributed by atoms with E-state index in [0.717, 1.165) is 18.4 Å². The summed E-state index contributed by atoms with van der Waals surface area (Å²) in [7, 11) is 0. The highest BCUT2D eigenvalue weighted by Gasteiger charge is 2.22. The third-order valence-electron chi connectivity index (χ3n) is 3.31. The van der Waals surface area contributed by atoms with Crippen molar-refractivity contribution in [1.82, 2.24) is 0 Å². The maximum Gasteiger partial charge on any atom is 0.140 e. The first kappa shape index (κ1) is 10.4. The molecule has 1 nitrogen and oxygen atoms in total. The largest absolute Gasteiger partial charge is 0.299 e. The van der Waals surface area contributed by atoms with Crippen LogP contribution in [-0.4, -0.2) is 5.78 Å². The van der Waals surface area contributed by atoms with Crippen molar-refractivity contribution in [1.29, 1.82) is 0 Å². The monoisotopic (exact) mass is 202 g/mol. The van der Waals surface area contributed by atoms with Gasteiger partial charge in [0.1, 0.15) is 5.78 Å². The van der Waals surface area contributed by atoms with E-state index in [1.807, 2.05) is 0 Å². The van der Waals surface area contributed by atoms with Gasteiger partial charge in [-0.05, 0) is 25.3 Å². The van der Waals surface area contributed by atoms with Crippen LogP contribution in [0.25, 0.3) is 0 Å². The summed E-state index contributed by atoms with van der Waals surface area (Å²) in [5, 5.41) is 0. The Morgan fingerprint density at radius 2 is 1.80 bits per heavy atom. The number of carbonyl (C=O) groups is 1. The first-order chi connectivity index (χ1) is 7.25. The van der Waals surface area contributed by atoms with Crippen LogP contribution in [0, 0.1) is 12.8 Å². The van der Waals surface area contributed by atoms with Crippen molar-refractivity contribution >= 4 is 5.78 Å². The van der Waals surface area contributed by atoms with E-state index in [4.69, 9.17) is 0 Å². The van der Waals surface area contributed by atoms with Crippen molar-refractivity contribution in [3.05, 3.63) is 35.4 Å². The van der Waals surface area contributed by atoms with Gasteiger partial charge in [-0.25, -0.2) is 0 Å². The second-order valence-corrected chi connectivity index (χ2v) is 4.61. The molecule has 0 heterocycles. The Bertz CT molecular complexity index is 331. The summed E-state index contributed by atoms with van der Waals surface area (Å²) in [5.41, 5.74) is 2.42. The average Bonchev–Trinajstić information content (AvgIpc) is 2.74. The molecule has 15 heavy (non-hydrogen) atoms. The van der Waals surface area contributed by atoms with Crippen LogP contribution < -0.4 is 0 Å². The molecule has 0 aromatic heterocycles. The second kappa shape index (κ2) is 4.61. The zero-order chi connectivity index (χ0) is 10.7. The average molecular weight is 202 g/mol. The molecule has 1 aromatic rings. The minimum atomic E-state index is 0.353. The summed E-state index contributed by atoms with van der Waals surface area (Å²) in [4.78, 5) is 11.9. The van der Waals surface area contributed by atoms with Gasteiger partial charge in [-0.3, -0.25) is 4.79 Å². The molecule has 0 saturated heterocycles. The minimum Gasteiger partial charge on any atom is -0.299 e. The summed E-state index contributed by atoms with van der Waals surface area (Å²) >= 11 is 0. The van der Waals surface area contributed by atoms with Crippen LogP contribution >= 0.6 is 0 Å². The van der Waals surface area contributed by atoms with E-state index in [1.165, 1.54) is 18.4 Å². The van der Waals surface area contributed by atoms with Gasteiger partial charge >= 0.3 is 0 Å². The van der Waals surface area contributed by atoms with Gasteiger partial charge in [-0.1, -0.05) is 42.7 Å². The lowest BCUT2D eigenvalue weighted by atomic mass is 9.96. The summed E-state index contributed by atoms with van der Waals surface area (Å²) in [5.74, 6) is 0.794. The molecule has 1 heteroatoms. The van der Waals surface area contributed by atoms with Gasteiger partial charge in [0.05, 0.1) is 0 Å². The summed E-state index contributed by atoms with van der Waals surface area (Å²) in [6.07, 6.45) is 5.34. The van der Waals surface area contributed by atoms with Crippen LogP contribution in [0.1, 0.15) is 36.8 Å². The van der Waals surface area contributed by atoms with E-state index in [2.05, 4.69) is 31.2 Å². The molecule has 0 aliphatic heterocycles. The molecule has 1 fully saturated rings. The predicted octanol–water partition coefficient (Wildman–Crippen LogP) is 3.30. The van der Waals surface area contributed by atoms with E-state index >= 15 is 0 Å². The van der Waals surface area contributed by atoms with Crippen LogP contribution in [0.3, 0.4) is 0 Å².